The van der Waals surface area contributed by atoms with Gasteiger partial charge in [-0.15, -0.1) is 0 Å². The number of hydrogen-bond acceptors (Lipinski definition) is 18. The number of nitrogens with one attached hydrogen (secondary N) is 5. The summed E-state index contributed by atoms with van der Waals surface area (Å²) >= 11 is 0. The van der Waals surface area contributed by atoms with Crippen molar-refractivity contribution in [3.63, 3.8) is 0 Å². The van der Waals surface area contributed by atoms with Crippen molar-refractivity contribution < 1.29 is 129 Å². The van der Waals surface area contributed by atoms with Gasteiger partial charge in [0.25, 0.3) is 0 Å². The number of rotatable bonds is 51. The SMILES string of the molecule is CCO[SiH](CCCNP(=O)(O)O)OCO[Si](CCCNP(=O)(O)O)(OCC)OCO[Si](CCCNP(=O)(O)O)(OCC)OCO[Si](CCCNP(=O)(O)O)(OCC)OCO[SiH](CCCNP(=O)(O)O)OCC. The van der Waals surface area contributed by atoms with Crippen molar-refractivity contribution in [1.82, 2.24) is 25.4 Å². The van der Waals surface area contributed by atoms with Gasteiger partial charge in [0.05, 0.1) is 0 Å². The molecule has 0 spiro atoms. The minimum Gasteiger partial charge on any atom is -0.397 e. The lowest BCUT2D eigenvalue weighted by Crippen LogP contribution is -2.53. The van der Waals surface area contributed by atoms with Crippen molar-refractivity contribution in [3.8, 4) is 0 Å². The Morgan fingerprint density at radius 3 is 0.792 bits per heavy atom. The van der Waals surface area contributed by atoms with Crippen LogP contribution in [0.15, 0.2) is 0 Å². The topological polar surface area (TPSA) is 468 Å². The molecule has 0 aliphatic heterocycles. The third-order valence-electron chi connectivity index (χ3n) is 8.78. The summed E-state index contributed by atoms with van der Waals surface area (Å²) in [4.78, 5) is 93.0. The Hall–Kier alpha value is 1.11. The molecule has 4 unspecified atom stereocenters. The summed E-state index contributed by atoms with van der Waals surface area (Å²) in [6, 6.07) is 0.410. The Labute approximate surface area is 426 Å². The first-order chi connectivity index (χ1) is 33.5. The predicted octanol–water partition coefficient (Wildman–Crippen LogP) is -0.249. The number of hydrogen-bond donors (Lipinski definition) is 15. The quantitative estimate of drug-likeness (QED) is 0.0162. The van der Waals surface area contributed by atoms with Crippen LogP contribution in [0.4, 0.5) is 0 Å². The van der Waals surface area contributed by atoms with Crippen molar-refractivity contribution in [2.75, 3.05) is 92.9 Å². The Morgan fingerprint density at radius 2 is 0.569 bits per heavy atom. The van der Waals surface area contributed by atoms with Crippen LogP contribution >= 0.6 is 38.7 Å². The molecule has 434 valence electrons. The normalized spacial score (nSPS) is 16.6. The minimum absolute atomic E-state index is 0.00356. The van der Waals surface area contributed by atoms with E-state index in [4.69, 9.17) is 77.1 Å². The second-order valence-corrected chi connectivity index (χ2v) is 34.1. The summed E-state index contributed by atoms with van der Waals surface area (Å²) in [6.45, 7) is 5.94. The fourth-order valence-corrected chi connectivity index (χ4v) is 18.4. The van der Waals surface area contributed by atoms with E-state index in [-0.39, 0.29) is 116 Å². The van der Waals surface area contributed by atoms with Crippen LogP contribution in [0.1, 0.15) is 66.7 Å². The minimum atomic E-state index is -4.66. The lowest BCUT2D eigenvalue weighted by Gasteiger charge is -2.34. The van der Waals surface area contributed by atoms with Crippen LogP contribution in [-0.2, 0) is 80.4 Å². The van der Waals surface area contributed by atoms with Gasteiger partial charge < -0.3 is 106 Å². The molecule has 0 aliphatic rings. The van der Waals surface area contributed by atoms with Crippen LogP contribution in [0.2, 0.25) is 30.2 Å². The van der Waals surface area contributed by atoms with Gasteiger partial charge >= 0.3 is 83.7 Å². The van der Waals surface area contributed by atoms with E-state index in [1.807, 2.05) is 0 Å². The monoisotopic (exact) mass is 1240 g/mol. The molecular weight excluding hydrogens is 1160 g/mol. The maximum atomic E-state index is 11.7. The maximum Gasteiger partial charge on any atom is 0.504 e. The highest BCUT2D eigenvalue weighted by Gasteiger charge is 2.47. The van der Waals surface area contributed by atoms with Crippen LogP contribution < -0.4 is 25.4 Å². The standard InChI is InChI=1S/C29H80N5O28P5Si5/c1-6-50-68(21-11-16-30-63(35,36)37)52-26-57-70(54-8-3,23-13-18-32-65(41,42)43)59-28-61-72(56-10-5,25-15-20-34-67(47,48)49)62-29-60-71(55-9-4,24-14-19-33-66(44,45)46)58-27-53-69(51-7-2)22-12-17-31-64(38,39)40/h68-69H,6-29H2,1-5H3,(H3,30,35,36,37)(H3,31,38,39,40)(H3,32,41,42,43)(H3,33,44,45,46)(H3,34,47,48,49). The van der Waals surface area contributed by atoms with Gasteiger partial charge in [0.1, 0.15) is 27.2 Å². The van der Waals surface area contributed by atoms with E-state index in [1.54, 1.807) is 34.6 Å². The van der Waals surface area contributed by atoms with Crippen molar-refractivity contribution in [2.45, 2.75) is 96.9 Å². The van der Waals surface area contributed by atoms with Gasteiger partial charge in [-0.25, -0.2) is 48.3 Å². The first kappa shape index (κ1) is 73.1. The molecule has 0 fully saturated rings. The van der Waals surface area contributed by atoms with E-state index in [0.717, 1.165) is 0 Å². The van der Waals surface area contributed by atoms with Crippen LogP contribution in [-0.4, -0.2) is 187 Å². The average molecular weight is 1240 g/mol. The largest absolute Gasteiger partial charge is 0.504 e. The molecule has 0 radical (unpaired) electrons. The molecule has 72 heavy (non-hydrogen) atoms. The molecule has 4 atom stereocenters. The summed E-state index contributed by atoms with van der Waals surface area (Å²) < 4.78 is 136. The van der Waals surface area contributed by atoms with Gasteiger partial charge in [-0.05, 0) is 78.8 Å². The third-order valence-corrected chi connectivity index (χ3v) is 24.6. The summed E-state index contributed by atoms with van der Waals surface area (Å²) in [6.07, 6.45) is 0.657. The fraction of sp³-hybridized carbons (Fsp3) is 1.00. The summed E-state index contributed by atoms with van der Waals surface area (Å²) in [5.74, 6) is 0. The molecule has 0 aliphatic carbocycles. The van der Waals surface area contributed by atoms with Crippen LogP contribution in [0.3, 0.4) is 0 Å². The third kappa shape index (κ3) is 41.2. The molecule has 0 bridgehead atoms. The molecule has 33 nitrogen and oxygen atoms in total. The molecule has 0 aromatic rings. The summed E-state index contributed by atoms with van der Waals surface area (Å²) in [5, 5.41) is 10.5. The maximum absolute atomic E-state index is 11.7. The molecule has 0 rings (SSSR count). The van der Waals surface area contributed by atoms with Crippen LogP contribution in [0.5, 0.6) is 0 Å². The first-order valence-corrected chi connectivity index (χ1v) is 40.1. The smallest absolute Gasteiger partial charge is 0.397 e. The molecule has 0 heterocycles. The molecule has 0 saturated carbocycles. The summed E-state index contributed by atoms with van der Waals surface area (Å²) in [5.41, 5.74) is 0. The van der Waals surface area contributed by atoms with Gasteiger partial charge in [-0.1, -0.05) is 0 Å². The average Bonchev–Trinajstić information content (AvgIpc) is 3.24. The van der Waals surface area contributed by atoms with Crippen molar-refractivity contribution in [1.29, 1.82) is 0 Å². The Kier molecular flexibility index (Phi) is 39.3. The molecule has 0 aromatic carbocycles. The van der Waals surface area contributed by atoms with Crippen molar-refractivity contribution in [3.05, 3.63) is 0 Å². The highest BCUT2D eigenvalue weighted by Crippen LogP contribution is 2.32. The predicted molar refractivity (Wildman–Crippen MR) is 265 cm³/mol. The van der Waals surface area contributed by atoms with Gasteiger partial charge in [-0.3, -0.25) is 0 Å². The van der Waals surface area contributed by atoms with Crippen molar-refractivity contribution in [2.24, 2.45) is 0 Å². The first-order valence-electron chi connectivity index (χ1n) is 22.7. The fourth-order valence-electron chi connectivity index (χ4n) is 5.88. The van der Waals surface area contributed by atoms with E-state index in [9.17, 15) is 52.2 Å². The Balaban J connectivity index is 6.73. The van der Waals surface area contributed by atoms with E-state index in [2.05, 4.69) is 25.4 Å². The Morgan fingerprint density at radius 1 is 0.333 bits per heavy atom. The Bertz CT molecular complexity index is 1570. The second kappa shape index (κ2) is 38.7. The zero-order valence-electron chi connectivity index (χ0n) is 41.2. The molecule has 15 N–H and O–H groups in total. The second-order valence-electron chi connectivity index (χ2n) is 14.6. The highest BCUT2D eigenvalue weighted by atomic mass is 31.2. The lowest BCUT2D eigenvalue weighted by molar-refractivity contribution is -0.0757. The zero-order valence-corrected chi connectivity index (χ0v) is 51.0. The van der Waals surface area contributed by atoms with Crippen molar-refractivity contribution >= 4 is 83.7 Å². The van der Waals surface area contributed by atoms with E-state index < -0.39 is 111 Å². The van der Waals surface area contributed by atoms with Gasteiger partial charge in [-0.2, -0.15) is 0 Å². The zero-order chi connectivity index (χ0) is 54.9. The molecule has 43 heteroatoms. The summed E-state index contributed by atoms with van der Waals surface area (Å²) in [7, 11) is -39.9. The van der Waals surface area contributed by atoms with Gasteiger partial charge in [0, 0.05) is 83.9 Å². The molecule has 0 amide bonds. The van der Waals surface area contributed by atoms with E-state index in [1.165, 1.54) is 0 Å². The van der Waals surface area contributed by atoms with Crippen LogP contribution in [0.25, 0.3) is 0 Å². The van der Waals surface area contributed by atoms with E-state index in [0.29, 0.717) is 12.1 Å². The van der Waals surface area contributed by atoms with Gasteiger partial charge in [0.15, 0.2) is 0 Å². The van der Waals surface area contributed by atoms with E-state index >= 15 is 0 Å². The molecule has 0 saturated heterocycles. The highest BCUT2D eigenvalue weighted by molar-refractivity contribution is 7.50. The molecule has 0 aromatic heterocycles. The van der Waals surface area contributed by atoms with Gasteiger partial charge in [0.2, 0.25) is 0 Å². The lowest BCUT2D eigenvalue weighted by atomic mass is 10.5. The van der Waals surface area contributed by atoms with Crippen LogP contribution in [0, 0.1) is 0 Å². The molecular formula is C29H80N5O28P5Si5.